The van der Waals surface area contributed by atoms with Crippen LogP contribution >= 0.6 is 0 Å². The number of hydrogen-bond donors (Lipinski definition) is 2. The molecule has 0 radical (unpaired) electrons. The van der Waals surface area contributed by atoms with Crippen molar-refractivity contribution in [3.8, 4) is 11.4 Å². The van der Waals surface area contributed by atoms with E-state index in [0.717, 1.165) is 22.5 Å². The molecule has 1 aliphatic rings. The molecule has 1 aromatic heterocycles. The summed E-state index contributed by atoms with van der Waals surface area (Å²) in [6.45, 7) is 8.03. The number of nitrogens with one attached hydrogen (secondary N) is 1. The average molecular weight is 520 g/mol. The molecule has 1 atom stereocenters. The number of methoxy groups -OCH3 is 1. The molecular weight excluding hydrogens is 485 g/mol. The SMILES string of the molecule is COc1cc(/C=C2/C(=O)N(C(C)c3ccc(F)cc3)C(=NCCCO)NC2(C)C)ccc1-n1cnc(C)c1. The van der Waals surface area contributed by atoms with Gasteiger partial charge in [0.05, 0.1) is 36.4 Å². The molecule has 1 amide bonds. The smallest absolute Gasteiger partial charge is 0.259 e. The third-order valence-electron chi connectivity index (χ3n) is 6.60. The molecule has 2 heterocycles. The fraction of sp³-hybridized carbons (Fsp3) is 0.345. The third-order valence-corrected chi connectivity index (χ3v) is 6.60. The van der Waals surface area contributed by atoms with Crippen LogP contribution in [0.2, 0.25) is 0 Å². The molecule has 1 unspecified atom stereocenters. The monoisotopic (exact) mass is 519 g/mol. The molecule has 0 bridgehead atoms. The molecular formula is C29H34FN5O3. The van der Waals surface area contributed by atoms with E-state index in [1.807, 2.05) is 62.7 Å². The van der Waals surface area contributed by atoms with Gasteiger partial charge in [-0.3, -0.25) is 14.7 Å². The van der Waals surface area contributed by atoms with E-state index in [4.69, 9.17) is 4.74 Å². The molecule has 3 aromatic rings. The number of aromatic nitrogens is 2. The minimum Gasteiger partial charge on any atom is -0.495 e. The van der Waals surface area contributed by atoms with Crippen molar-refractivity contribution in [2.45, 2.75) is 45.7 Å². The number of aliphatic imine (C=N–C) groups is 1. The minimum atomic E-state index is -0.735. The lowest BCUT2D eigenvalue weighted by Crippen LogP contribution is -2.62. The van der Waals surface area contributed by atoms with Gasteiger partial charge in [0.15, 0.2) is 0 Å². The Morgan fingerprint density at radius 3 is 2.61 bits per heavy atom. The lowest BCUT2D eigenvalue weighted by atomic mass is 9.88. The maximum Gasteiger partial charge on any atom is 0.259 e. The predicted molar refractivity (Wildman–Crippen MR) is 146 cm³/mol. The number of nitrogens with zero attached hydrogens (tertiary/aromatic N) is 4. The number of rotatable bonds is 8. The van der Waals surface area contributed by atoms with Crippen molar-refractivity contribution in [2.75, 3.05) is 20.3 Å². The number of guanidine groups is 1. The second-order valence-corrected chi connectivity index (χ2v) is 9.85. The van der Waals surface area contributed by atoms with Gasteiger partial charge < -0.3 is 19.7 Å². The minimum absolute atomic E-state index is 0.00323. The van der Waals surface area contributed by atoms with E-state index < -0.39 is 11.6 Å². The normalized spacial score (nSPS) is 18.1. The quantitative estimate of drug-likeness (QED) is 0.340. The lowest BCUT2D eigenvalue weighted by molar-refractivity contribution is -0.126. The van der Waals surface area contributed by atoms with Crippen LogP contribution in [0, 0.1) is 12.7 Å². The van der Waals surface area contributed by atoms with E-state index in [1.54, 1.807) is 30.5 Å². The number of aryl methyl sites for hydroxylation is 1. The van der Waals surface area contributed by atoms with Crippen molar-refractivity contribution in [2.24, 2.45) is 4.99 Å². The molecule has 2 N–H and O–H groups in total. The zero-order valence-electron chi connectivity index (χ0n) is 22.4. The zero-order chi connectivity index (χ0) is 27.4. The summed E-state index contributed by atoms with van der Waals surface area (Å²) in [7, 11) is 1.61. The number of carbonyl (C=O) groups excluding carboxylic acids is 1. The molecule has 9 heteroatoms. The Morgan fingerprint density at radius 1 is 1.24 bits per heavy atom. The van der Waals surface area contributed by atoms with Crippen LogP contribution < -0.4 is 10.1 Å². The van der Waals surface area contributed by atoms with E-state index in [2.05, 4.69) is 15.3 Å². The number of hydrogen-bond acceptors (Lipinski definition) is 5. The van der Waals surface area contributed by atoms with Gasteiger partial charge in [-0.05, 0) is 75.6 Å². The number of imidazole rings is 1. The highest BCUT2D eigenvalue weighted by atomic mass is 19.1. The number of benzene rings is 2. The second kappa shape index (κ2) is 11.2. The molecule has 0 spiro atoms. The molecule has 200 valence electrons. The van der Waals surface area contributed by atoms with Crippen LogP contribution in [0.1, 0.15) is 50.1 Å². The zero-order valence-corrected chi connectivity index (χ0v) is 22.4. The largest absolute Gasteiger partial charge is 0.495 e. The highest BCUT2D eigenvalue weighted by Gasteiger charge is 2.42. The first-order chi connectivity index (χ1) is 18.1. The fourth-order valence-corrected chi connectivity index (χ4v) is 4.48. The highest BCUT2D eigenvalue weighted by molar-refractivity contribution is 6.12. The third kappa shape index (κ3) is 5.62. The van der Waals surface area contributed by atoms with Crippen LogP contribution in [0.15, 0.2) is 65.6 Å². The van der Waals surface area contributed by atoms with Crippen molar-refractivity contribution >= 4 is 17.9 Å². The van der Waals surface area contributed by atoms with E-state index in [0.29, 0.717) is 30.2 Å². The lowest BCUT2D eigenvalue weighted by Gasteiger charge is -2.43. The summed E-state index contributed by atoms with van der Waals surface area (Å²) < 4.78 is 21.1. The van der Waals surface area contributed by atoms with E-state index in [9.17, 15) is 14.3 Å². The number of halogens is 1. The average Bonchev–Trinajstić information content (AvgIpc) is 3.32. The Labute approximate surface area is 222 Å². The van der Waals surface area contributed by atoms with Crippen LogP contribution in [0.25, 0.3) is 11.8 Å². The number of amides is 1. The number of aliphatic hydroxyl groups is 1. The van der Waals surface area contributed by atoms with Crippen molar-refractivity contribution < 1.29 is 19.0 Å². The summed E-state index contributed by atoms with van der Waals surface area (Å²) in [5, 5.41) is 12.7. The first kappa shape index (κ1) is 27.1. The number of carbonyl (C=O) groups is 1. The van der Waals surface area contributed by atoms with Crippen LogP contribution in [0.5, 0.6) is 5.75 Å². The van der Waals surface area contributed by atoms with Gasteiger partial charge in [0.25, 0.3) is 5.91 Å². The molecule has 1 fully saturated rings. The Hall–Kier alpha value is -3.98. The number of aliphatic hydroxyl groups excluding tert-OH is 1. The van der Waals surface area contributed by atoms with E-state index >= 15 is 0 Å². The van der Waals surface area contributed by atoms with Gasteiger partial charge in [0, 0.05) is 24.9 Å². The Kier molecular flexibility index (Phi) is 7.97. The molecule has 0 aliphatic carbocycles. The van der Waals surface area contributed by atoms with Crippen molar-refractivity contribution in [3.05, 3.63) is 83.2 Å². The maximum atomic E-state index is 14.1. The topological polar surface area (TPSA) is 92.0 Å². The fourth-order valence-electron chi connectivity index (χ4n) is 4.48. The van der Waals surface area contributed by atoms with E-state index in [1.165, 1.54) is 12.1 Å². The van der Waals surface area contributed by atoms with Crippen molar-refractivity contribution in [1.29, 1.82) is 0 Å². The van der Waals surface area contributed by atoms with Gasteiger partial charge in [-0.25, -0.2) is 9.37 Å². The van der Waals surface area contributed by atoms with Crippen LogP contribution in [-0.4, -0.2) is 57.2 Å². The van der Waals surface area contributed by atoms with Gasteiger partial charge in [0.2, 0.25) is 5.96 Å². The first-order valence-corrected chi connectivity index (χ1v) is 12.6. The maximum absolute atomic E-state index is 14.1. The van der Waals surface area contributed by atoms with Gasteiger partial charge in [-0.1, -0.05) is 18.2 Å². The predicted octanol–water partition coefficient (Wildman–Crippen LogP) is 4.42. The summed E-state index contributed by atoms with van der Waals surface area (Å²) in [6.07, 6.45) is 5.98. The van der Waals surface area contributed by atoms with E-state index in [-0.39, 0.29) is 18.3 Å². The van der Waals surface area contributed by atoms with Gasteiger partial charge in [0.1, 0.15) is 11.6 Å². The first-order valence-electron chi connectivity index (χ1n) is 12.6. The molecule has 38 heavy (non-hydrogen) atoms. The molecule has 1 saturated heterocycles. The van der Waals surface area contributed by atoms with Crippen molar-refractivity contribution in [1.82, 2.24) is 19.8 Å². The van der Waals surface area contributed by atoms with Gasteiger partial charge in [-0.15, -0.1) is 0 Å². The van der Waals surface area contributed by atoms with Gasteiger partial charge >= 0.3 is 0 Å². The van der Waals surface area contributed by atoms with Crippen LogP contribution in [-0.2, 0) is 4.79 Å². The summed E-state index contributed by atoms with van der Waals surface area (Å²) in [4.78, 5) is 24.6. The molecule has 2 aromatic carbocycles. The summed E-state index contributed by atoms with van der Waals surface area (Å²) >= 11 is 0. The van der Waals surface area contributed by atoms with Crippen molar-refractivity contribution in [3.63, 3.8) is 0 Å². The summed E-state index contributed by atoms with van der Waals surface area (Å²) in [6, 6.07) is 11.4. The van der Waals surface area contributed by atoms with Crippen LogP contribution in [0.4, 0.5) is 4.39 Å². The van der Waals surface area contributed by atoms with Crippen LogP contribution in [0.3, 0.4) is 0 Å². The second-order valence-electron chi connectivity index (χ2n) is 9.85. The Morgan fingerprint density at radius 2 is 1.97 bits per heavy atom. The Bertz CT molecular complexity index is 1360. The summed E-state index contributed by atoms with van der Waals surface area (Å²) in [5.41, 5.74) is 3.12. The molecule has 8 nitrogen and oxygen atoms in total. The highest BCUT2D eigenvalue weighted by Crippen LogP contribution is 2.33. The molecule has 0 saturated carbocycles. The number of ether oxygens (including phenoxy) is 1. The summed E-state index contributed by atoms with van der Waals surface area (Å²) in [5.74, 6) is 0.520. The van der Waals surface area contributed by atoms with Gasteiger partial charge in [-0.2, -0.15) is 0 Å². The molecule has 1 aliphatic heterocycles. The molecule has 4 rings (SSSR count). The Balaban J connectivity index is 1.75. The standard InChI is InChI=1S/C29H34FN5O3/c1-19-17-34(18-32-19)25-12-7-21(16-26(25)38-5)15-24-27(37)35(20(2)22-8-10-23(30)11-9-22)28(31-13-6-14-36)33-29(24,3)4/h7-12,15-18,20,36H,6,13-14H2,1-5H3,(H,31,33)/b24-15-.